The smallest absolute Gasteiger partial charge is 0.0701 e. The predicted octanol–water partition coefficient (Wildman–Crippen LogP) is 4.39. The van der Waals surface area contributed by atoms with E-state index in [1.165, 1.54) is 19.8 Å². The van der Waals surface area contributed by atoms with Crippen LogP contribution in [0.4, 0.5) is 11.4 Å². The van der Waals surface area contributed by atoms with Crippen molar-refractivity contribution in [3.8, 4) is 0 Å². The minimum absolute atomic E-state index is 0.859. The Morgan fingerprint density at radius 1 is 1.21 bits per heavy atom. The van der Waals surface area contributed by atoms with Crippen LogP contribution >= 0.6 is 27.3 Å². The molecule has 0 amide bonds. The molecular formula is C15H19BrN2S. The number of nitrogen functional groups attached to an aromatic ring is 1. The highest BCUT2D eigenvalue weighted by Gasteiger charge is 2.08. The first-order valence-electron chi connectivity index (χ1n) is 6.29. The normalized spacial score (nSPS) is 10.7. The van der Waals surface area contributed by atoms with Gasteiger partial charge in [-0.1, -0.05) is 0 Å². The Balaban J connectivity index is 2.07. The SMILES string of the molecule is Cc1cc(N)c(N(C)CCc2ccc(Br)s2)cc1C. The van der Waals surface area contributed by atoms with E-state index in [4.69, 9.17) is 5.73 Å². The zero-order chi connectivity index (χ0) is 14.0. The van der Waals surface area contributed by atoms with E-state index >= 15 is 0 Å². The van der Waals surface area contributed by atoms with E-state index in [0.717, 1.165) is 24.3 Å². The summed E-state index contributed by atoms with van der Waals surface area (Å²) in [5, 5.41) is 0. The summed E-state index contributed by atoms with van der Waals surface area (Å²) >= 11 is 5.29. The van der Waals surface area contributed by atoms with Crippen LogP contribution in [0.5, 0.6) is 0 Å². The maximum atomic E-state index is 6.12. The second-order valence-corrected chi connectivity index (χ2v) is 7.42. The van der Waals surface area contributed by atoms with Gasteiger partial charge in [0.2, 0.25) is 0 Å². The summed E-state index contributed by atoms with van der Waals surface area (Å²) in [6.07, 6.45) is 1.04. The fourth-order valence-electron chi connectivity index (χ4n) is 2.04. The highest BCUT2D eigenvalue weighted by Crippen LogP contribution is 2.27. The molecule has 0 radical (unpaired) electrons. The van der Waals surface area contributed by atoms with Crippen LogP contribution in [-0.2, 0) is 6.42 Å². The Morgan fingerprint density at radius 2 is 1.89 bits per heavy atom. The minimum atomic E-state index is 0.859. The van der Waals surface area contributed by atoms with Gasteiger partial charge in [0.15, 0.2) is 0 Å². The van der Waals surface area contributed by atoms with Crippen molar-refractivity contribution in [3.05, 3.63) is 44.1 Å². The molecule has 4 heteroatoms. The van der Waals surface area contributed by atoms with Crippen LogP contribution in [0.3, 0.4) is 0 Å². The van der Waals surface area contributed by atoms with Crippen molar-refractivity contribution in [2.24, 2.45) is 0 Å². The fraction of sp³-hybridized carbons (Fsp3) is 0.333. The average Bonchev–Trinajstić information content (AvgIpc) is 2.77. The van der Waals surface area contributed by atoms with Crippen molar-refractivity contribution in [2.45, 2.75) is 20.3 Å². The standard InChI is InChI=1S/C15H19BrN2S/c1-10-8-13(17)14(9-11(10)2)18(3)7-6-12-4-5-15(16)19-12/h4-5,8-9H,6-7,17H2,1-3H3. The Kier molecular flexibility index (Phi) is 4.53. The molecule has 0 bridgehead atoms. The summed E-state index contributed by atoms with van der Waals surface area (Å²) in [7, 11) is 2.10. The average molecular weight is 339 g/mol. The number of nitrogens with zero attached hydrogens (tertiary/aromatic N) is 1. The number of hydrogen-bond donors (Lipinski definition) is 1. The molecule has 2 N–H and O–H groups in total. The third kappa shape index (κ3) is 3.51. The van der Waals surface area contributed by atoms with Gasteiger partial charge >= 0.3 is 0 Å². The van der Waals surface area contributed by atoms with Crippen molar-refractivity contribution in [1.29, 1.82) is 0 Å². The summed E-state index contributed by atoms with van der Waals surface area (Å²) in [5.74, 6) is 0. The lowest BCUT2D eigenvalue weighted by Gasteiger charge is -2.22. The van der Waals surface area contributed by atoms with Gasteiger partial charge in [0, 0.05) is 18.5 Å². The molecule has 102 valence electrons. The predicted molar refractivity (Wildman–Crippen MR) is 89.3 cm³/mol. The molecule has 2 nitrogen and oxygen atoms in total. The van der Waals surface area contributed by atoms with Crippen LogP contribution in [0.2, 0.25) is 0 Å². The Hall–Kier alpha value is -1.00. The van der Waals surface area contributed by atoms with Crippen molar-refractivity contribution in [2.75, 3.05) is 24.2 Å². The van der Waals surface area contributed by atoms with Gasteiger partial charge in [-0.15, -0.1) is 11.3 Å². The van der Waals surface area contributed by atoms with Crippen LogP contribution in [0, 0.1) is 13.8 Å². The van der Waals surface area contributed by atoms with Gasteiger partial charge in [-0.2, -0.15) is 0 Å². The highest BCUT2D eigenvalue weighted by molar-refractivity contribution is 9.11. The van der Waals surface area contributed by atoms with Crippen molar-refractivity contribution in [3.63, 3.8) is 0 Å². The number of anilines is 2. The number of halogens is 1. The topological polar surface area (TPSA) is 29.3 Å². The van der Waals surface area contributed by atoms with E-state index in [9.17, 15) is 0 Å². The molecule has 1 heterocycles. The van der Waals surface area contributed by atoms with E-state index in [2.05, 4.69) is 66.0 Å². The number of nitrogens with two attached hydrogens (primary N) is 1. The van der Waals surface area contributed by atoms with Gasteiger partial charge in [-0.3, -0.25) is 0 Å². The van der Waals surface area contributed by atoms with E-state index in [1.54, 1.807) is 11.3 Å². The Bertz CT molecular complexity index is 578. The van der Waals surface area contributed by atoms with Crippen LogP contribution in [-0.4, -0.2) is 13.6 Å². The fourth-order valence-corrected chi connectivity index (χ4v) is 3.51. The molecule has 0 aliphatic heterocycles. The lowest BCUT2D eigenvalue weighted by atomic mass is 10.1. The largest absolute Gasteiger partial charge is 0.397 e. The molecule has 0 unspecified atom stereocenters. The lowest BCUT2D eigenvalue weighted by molar-refractivity contribution is 0.887. The number of rotatable bonds is 4. The second kappa shape index (κ2) is 5.97. The van der Waals surface area contributed by atoms with Gasteiger partial charge in [0.1, 0.15) is 0 Å². The molecule has 1 aromatic heterocycles. The third-order valence-electron chi connectivity index (χ3n) is 3.38. The van der Waals surface area contributed by atoms with E-state index in [-0.39, 0.29) is 0 Å². The first kappa shape index (κ1) is 14.4. The summed E-state index contributed by atoms with van der Waals surface area (Å²) < 4.78 is 1.19. The maximum Gasteiger partial charge on any atom is 0.0701 e. The van der Waals surface area contributed by atoms with Crippen LogP contribution in [0.1, 0.15) is 16.0 Å². The highest BCUT2D eigenvalue weighted by atomic mass is 79.9. The van der Waals surface area contributed by atoms with Crippen LogP contribution in [0.15, 0.2) is 28.1 Å². The molecule has 1 aromatic carbocycles. The molecule has 0 saturated heterocycles. The third-order valence-corrected chi connectivity index (χ3v) is 5.06. The van der Waals surface area contributed by atoms with Crippen LogP contribution < -0.4 is 10.6 Å². The summed E-state index contributed by atoms with van der Waals surface area (Å²) in [6.45, 7) is 5.20. The summed E-state index contributed by atoms with van der Waals surface area (Å²) in [4.78, 5) is 3.62. The number of benzene rings is 1. The molecule has 0 saturated carbocycles. The summed E-state index contributed by atoms with van der Waals surface area (Å²) in [5.41, 5.74) is 10.6. The molecule has 0 aliphatic rings. The maximum absolute atomic E-state index is 6.12. The molecule has 2 aromatic rings. The van der Waals surface area contributed by atoms with E-state index in [1.807, 2.05) is 0 Å². The van der Waals surface area contributed by atoms with Crippen molar-refractivity contribution in [1.82, 2.24) is 0 Å². The van der Waals surface area contributed by atoms with Crippen molar-refractivity contribution < 1.29 is 0 Å². The number of likely N-dealkylation sites (N-methyl/N-ethyl adjacent to an activating group) is 1. The summed E-state index contributed by atoms with van der Waals surface area (Å²) in [6, 6.07) is 8.51. The van der Waals surface area contributed by atoms with Crippen LogP contribution in [0.25, 0.3) is 0 Å². The van der Waals surface area contributed by atoms with Gasteiger partial charge in [-0.25, -0.2) is 0 Å². The molecular weight excluding hydrogens is 320 g/mol. The number of hydrogen-bond acceptors (Lipinski definition) is 3. The van der Waals surface area contributed by atoms with Gasteiger partial charge in [-0.05, 0) is 71.6 Å². The van der Waals surface area contributed by atoms with Crippen molar-refractivity contribution >= 4 is 38.6 Å². The molecule has 0 spiro atoms. The molecule has 0 aliphatic carbocycles. The lowest BCUT2D eigenvalue weighted by Crippen LogP contribution is -2.21. The molecule has 0 fully saturated rings. The quantitative estimate of drug-likeness (QED) is 0.837. The van der Waals surface area contributed by atoms with Gasteiger partial charge in [0.25, 0.3) is 0 Å². The first-order valence-corrected chi connectivity index (χ1v) is 7.90. The zero-order valence-corrected chi connectivity index (χ0v) is 13.9. The Labute approximate surface area is 127 Å². The van der Waals surface area contributed by atoms with Gasteiger partial charge < -0.3 is 10.6 Å². The molecule has 2 rings (SSSR count). The second-order valence-electron chi connectivity index (χ2n) is 4.87. The van der Waals surface area contributed by atoms with Gasteiger partial charge in [0.05, 0.1) is 15.2 Å². The zero-order valence-electron chi connectivity index (χ0n) is 11.5. The number of aryl methyl sites for hydroxylation is 2. The first-order chi connectivity index (χ1) is 8.97. The molecule has 19 heavy (non-hydrogen) atoms. The number of thiophene rings is 1. The minimum Gasteiger partial charge on any atom is -0.397 e. The monoisotopic (exact) mass is 338 g/mol. The van der Waals surface area contributed by atoms with E-state index < -0.39 is 0 Å². The van der Waals surface area contributed by atoms with E-state index in [0.29, 0.717) is 0 Å². The Morgan fingerprint density at radius 3 is 2.53 bits per heavy atom. The molecule has 0 atom stereocenters.